The van der Waals surface area contributed by atoms with Crippen LogP contribution in [0.2, 0.25) is 0 Å². The minimum Gasteiger partial charge on any atom is -0.491 e. The minimum absolute atomic E-state index is 0.0733. The summed E-state index contributed by atoms with van der Waals surface area (Å²) in [5.41, 5.74) is 11.1. The Morgan fingerprint density at radius 2 is 1.68 bits per heavy atom. The zero-order valence-electron chi connectivity index (χ0n) is 10.5. The summed E-state index contributed by atoms with van der Waals surface area (Å²) in [5, 5.41) is 0. The van der Waals surface area contributed by atoms with Crippen molar-refractivity contribution in [3.8, 4) is 23.1 Å². The molecule has 0 bridgehead atoms. The Kier molecular flexibility index (Phi) is 3.51. The van der Waals surface area contributed by atoms with Crippen LogP contribution < -0.4 is 25.7 Å². The Bertz CT molecular complexity index is 591. The molecule has 2 aromatic rings. The summed E-state index contributed by atoms with van der Waals surface area (Å²) in [6, 6.07) is 1.56. The molecule has 0 fully saturated rings. The normalized spacial score (nSPS) is 10.0. The topological polar surface area (TPSA) is 118 Å². The molecule has 0 atom stereocenters. The molecule has 2 rings (SSSR count). The van der Waals surface area contributed by atoms with E-state index in [4.69, 9.17) is 25.7 Å². The fourth-order valence-electron chi connectivity index (χ4n) is 1.35. The molecule has 100 valence electrons. The van der Waals surface area contributed by atoms with Crippen LogP contribution in [0.5, 0.6) is 23.1 Å². The maximum atomic E-state index is 5.69. The average Bonchev–Trinajstić information content (AvgIpc) is 2.41. The molecule has 0 aliphatic heterocycles. The molecule has 0 aliphatic rings. The molecule has 4 N–H and O–H groups in total. The summed E-state index contributed by atoms with van der Waals surface area (Å²) in [7, 11) is 3.00. The van der Waals surface area contributed by atoms with E-state index in [0.717, 1.165) is 0 Å². The van der Waals surface area contributed by atoms with E-state index in [1.54, 1.807) is 6.07 Å². The van der Waals surface area contributed by atoms with Crippen LogP contribution in [-0.4, -0.2) is 29.2 Å². The lowest BCUT2D eigenvalue weighted by molar-refractivity contribution is 0.362. The Hall–Kier alpha value is -2.77. The molecule has 0 unspecified atom stereocenters. The number of anilines is 2. The zero-order chi connectivity index (χ0) is 13.8. The van der Waals surface area contributed by atoms with Crippen LogP contribution in [0.1, 0.15) is 0 Å². The second-order valence-electron chi connectivity index (χ2n) is 3.46. The van der Waals surface area contributed by atoms with E-state index in [1.807, 2.05) is 0 Å². The third-order valence-corrected chi connectivity index (χ3v) is 2.26. The second-order valence-corrected chi connectivity index (χ2v) is 3.46. The zero-order valence-corrected chi connectivity index (χ0v) is 10.5. The smallest absolute Gasteiger partial charge is 0.222 e. The second kappa shape index (κ2) is 5.25. The van der Waals surface area contributed by atoms with Crippen LogP contribution >= 0.6 is 0 Å². The first kappa shape index (κ1) is 12.7. The molecule has 0 aliphatic carbocycles. The number of ether oxygens (including phenoxy) is 3. The van der Waals surface area contributed by atoms with E-state index >= 15 is 0 Å². The molecule has 0 amide bonds. The van der Waals surface area contributed by atoms with Crippen molar-refractivity contribution in [1.29, 1.82) is 0 Å². The summed E-state index contributed by atoms with van der Waals surface area (Å²) in [5.74, 6) is 1.66. The molecular formula is C11H13N5O3. The van der Waals surface area contributed by atoms with Crippen LogP contribution in [0.15, 0.2) is 18.5 Å². The molecule has 0 spiro atoms. The van der Waals surface area contributed by atoms with Gasteiger partial charge in [0, 0.05) is 6.07 Å². The van der Waals surface area contributed by atoms with E-state index in [1.165, 1.54) is 26.6 Å². The van der Waals surface area contributed by atoms with E-state index in [9.17, 15) is 0 Å². The SMILES string of the molecule is COc1cc(Oc2cnc(N)nc2N)c(OC)cn1. The number of pyridine rings is 1. The predicted molar refractivity (Wildman–Crippen MR) is 68.3 cm³/mol. The van der Waals surface area contributed by atoms with Crippen LogP contribution in [0.3, 0.4) is 0 Å². The molecule has 8 nitrogen and oxygen atoms in total. The van der Waals surface area contributed by atoms with Crippen molar-refractivity contribution in [2.24, 2.45) is 0 Å². The average molecular weight is 263 g/mol. The molecule has 19 heavy (non-hydrogen) atoms. The van der Waals surface area contributed by atoms with Gasteiger partial charge < -0.3 is 25.7 Å². The van der Waals surface area contributed by atoms with Crippen molar-refractivity contribution in [3.63, 3.8) is 0 Å². The van der Waals surface area contributed by atoms with Gasteiger partial charge in [0.05, 0.1) is 26.6 Å². The number of methoxy groups -OCH3 is 2. The summed E-state index contributed by atoms with van der Waals surface area (Å²) in [4.78, 5) is 11.6. The minimum atomic E-state index is 0.0733. The maximum Gasteiger partial charge on any atom is 0.222 e. The van der Waals surface area contributed by atoms with Crippen LogP contribution in [0.25, 0.3) is 0 Å². The van der Waals surface area contributed by atoms with Crippen molar-refractivity contribution in [1.82, 2.24) is 15.0 Å². The number of aromatic nitrogens is 3. The molecule has 8 heteroatoms. The maximum absolute atomic E-state index is 5.69. The third-order valence-electron chi connectivity index (χ3n) is 2.26. The summed E-state index contributed by atoms with van der Waals surface area (Å²) >= 11 is 0. The number of nitrogens with zero attached hydrogens (tertiary/aromatic N) is 3. The van der Waals surface area contributed by atoms with Gasteiger partial charge in [-0.25, -0.2) is 9.97 Å². The van der Waals surface area contributed by atoms with Crippen LogP contribution in [0.4, 0.5) is 11.8 Å². The largest absolute Gasteiger partial charge is 0.491 e. The van der Waals surface area contributed by atoms with Gasteiger partial charge >= 0.3 is 0 Å². The Morgan fingerprint density at radius 1 is 0.947 bits per heavy atom. The molecular weight excluding hydrogens is 250 g/mol. The van der Waals surface area contributed by atoms with Crippen molar-refractivity contribution in [2.45, 2.75) is 0 Å². The Balaban J connectivity index is 2.36. The lowest BCUT2D eigenvalue weighted by Gasteiger charge is -2.11. The number of hydrogen-bond acceptors (Lipinski definition) is 8. The van der Waals surface area contributed by atoms with Gasteiger partial charge in [0.1, 0.15) is 0 Å². The summed E-state index contributed by atoms with van der Waals surface area (Å²) in [6.45, 7) is 0. The number of rotatable bonds is 4. The van der Waals surface area contributed by atoms with Crippen LogP contribution in [0, 0.1) is 0 Å². The van der Waals surface area contributed by atoms with E-state index in [0.29, 0.717) is 17.4 Å². The van der Waals surface area contributed by atoms with E-state index in [2.05, 4.69) is 15.0 Å². The highest BCUT2D eigenvalue weighted by molar-refractivity contribution is 5.51. The number of hydrogen-bond donors (Lipinski definition) is 2. The number of nitrogens with two attached hydrogens (primary N) is 2. The monoisotopic (exact) mass is 263 g/mol. The van der Waals surface area contributed by atoms with Gasteiger partial charge in [-0.15, -0.1) is 0 Å². The molecule has 0 saturated heterocycles. The highest BCUT2D eigenvalue weighted by atomic mass is 16.5. The van der Waals surface area contributed by atoms with Gasteiger partial charge in [0.2, 0.25) is 11.8 Å². The van der Waals surface area contributed by atoms with Gasteiger partial charge in [0.25, 0.3) is 0 Å². The van der Waals surface area contributed by atoms with Crippen molar-refractivity contribution >= 4 is 11.8 Å². The highest BCUT2D eigenvalue weighted by Gasteiger charge is 2.11. The summed E-state index contributed by atoms with van der Waals surface area (Å²) in [6.07, 6.45) is 2.85. The molecule has 2 aromatic heterocycles. The van der Waals surface area contributed by atoms with Crippen molar-refractivity contribution in [3.05, 3.63) is 18.5 Å². The predicted octanol–water partition coefficient (Wildman–Crippen LogP) is 0.845. The summed E-state index contributed by atoms with van der Waals surface area (Å²) < 4.78 is 15.7. The highest BCUT2D eigenvalue weighted by Crippen LogP contribution is 2.34. The van der Waals surface area contributed by atoms with Crippen LogP contribution in [-0.2, 0) is 0 Å². The lowest BCUT2D eigenvalue weighted by atomic mass is 10.4. The van der Waals surface area contributed by atoms with Crippen molar-refractivity contribution < 1.29 is 14.2 Å². The fourth-order valence-corrected chi connectivity index (χ4v) is 1.35. The lowest BCUT2D eigenvalue weighted by Crippen LogP contribution is -2.02. The Labute approximate surface area is 109 Å². The standard InChI is InChI=1S/C11H13N5O3/c1-17-7-4-14-9(18-2)3-6(7)19-8-5-15-11(13)16-10(8)12/h3-5H,1-2H3,(H4,12,13,15,16). The molecule has 2 heterocycles. The van der Waals surface area contributed by atoms with E-state index in [-0.39, 0.29) is 17.5 Å². The first-order valence-corrected chi connectivity index (χ1v) is 5.28. The molecule has 0 radical (unpaired) electrons. The third kappa shape index (κ3) is 2.73. The molecule has 0 saturated carbocycles. The first-order chi connectivity index (χ1) is 9.13. The van der Waals surface area contributed by atoms with Gasteiger partial charge in [-0.3, -0.25) is 0 Å². The number of nitrogen functional groups attached to an aromatic ring is 2. The van der Waals surface area contributed by atoms with Gasteiger partial charge in [-0.2, -0.15) is 4.98 Å². The van der Waals surface area contributed by atoms with E-state index < -0.39 is 0 Å². The fraction of sp³-hybridized carbons (Fsp3) is 0.182. The van der Waals surface area contributed by atoms with Gasteiger partial charge in [0.15, 0.2) is 23.1 Å². The van der Waals surface area contributed by atoms with Gasteiger partial charge in [-0.1, -0.05) is 0 Å². The Morgan fingerprint density at radius 3 is 2.32 bits per heavy atom. The van der Waals surface area contributed by atoms with Gasteiger partial charge in [-0.05, 0) is 0 Å². The molecule has 0 aromatic carbocycles. The van der Waals surface area contributed by atoms with Crippen molar-refractivity contribution in [2.75, 3.05) is 25.7 Å². The quantitative estimate of drug-likeness (QED) is 0.833. The first-order valence-electron chi connectivity index (χ1n) is 5.28.